The van der Waals surface area contributed by atoms with Gasteiger partial charge in [-0.15, -0.1) is 11.8 Å². The summed E-state index contributed by atoms with van der Waals surface area (Å²) in [7, 11) is 0. The van der Waals surface area contributed by atoms with Crippen LogP contribution in [-0.4, -0.2) is 11.5 Å². The van der Waals surface area contributed by atoms with Crippen LogP contribution in [0.25, 0.3) is 0 Å². The maximum atomic E-state index is 11.1. The van der Waals surface area contributed by atoms with Gasteiger partial charge in [0.2, 0.25) is 0 Å². The molecule has 3 heteroatoms. The van der Waals surface area contributed by atoms with Gasteiger partial charge >= 0.3 is 0 Å². The van der Waals surface area contributed by atoms with Crippen molar-refractivity contribution >= 4 is 29.6 Å². The largest absolute Gasteiger partial charge is 0.298 e. The summed E-state index contributed by atoms with van der Waals surface area (Å²) in [4.78, 5) is 12.1. The Bertz CT molecular complexity index is 405. The lowest BCUT2D eigenvalue weighted by atomic mass is 9.91. The molecule has 92 valence electrons. The second-order valence-electron chi connectivity index (χ2n) is 4.78. The quantitative estimate of drug-likeness (QED) is 0.731. The van der Waals surface area contributed by atoms with Gasteiger partial charge in [0.1, 0.15) is 0 Å². The molecule has 2 unspecified atom stereocenters. The smallest absolute Gasteiger partial charge is 0.152 e. The Kier molecular flexibility index (Phi) is 4.52. The van der Waals surface area contributed by atoms with Crippen molar-refractivity contribution in [2.24, 2.45) is 5.92 Å². The van der Waals surface area contributed by atoms with Gasteiger partial charge in [-0.25, -0.2) is 0 Å². The number of hydrogen-bond acceptors (Lipinski definition) is 2. The van der Waals surface area contributed by atoms with Gasteiger partial charge < -0.3 is 0 Å². The van der Waals surface area contributed by atoms with Gasteiger partial charge in [-0.05, 0) is 30.9 Å². The maximum Gasteiger partial charge on any atom is 0.152 e. The van der Waals surface area contributed by atoms with Crippen LogP contribution in [0.15, 0.2) is 23.1 Å². The molecule has 0 bridgehead atoms. The molecule has 1 saturated carbocycles. The molecule has 1 fully saturated rings. The number of carbonyl (C=O) groups excluding carboxylic acids is 1. The van der Waals surface area contributed by atoms with Gasteiger partial charge in [-0.2, -0.15) is 0 Å². The van der Waals surface area contributed by atoms with Crippen LogP contribution in [0.4, 0.5) is 0 Å². The van der Waals surface area contributed by atoms with Crippen LogP contribution in [0.2, 0.25) is 5.02 Å². The highest BCUT2D eigenvalue weighted by atomic mass is 35.5. The van der Waals surface area contributed by atoms with Crippen molar-refractivity contribution in [2.45, 2.75) is 42.8 Å². The molecule has 1 aromatic carbocycles. The zero-order chi connectivity index (χ0) is 12.3. The molecular weight excluding hydrogens is 252 g/mol. The Balaban J connectivity index is 2.12. The molecule has 1 nitrogen and oxygen atoms in total. The van der Waals surface area contributed by atoms with E-state index in [1.807, 2.05) is 23.9 Å². The third kappa shape index (κ3) is 3.26. The number of thioether (sulfide) groups is 1. The highest BCUT2D eigenvalue weighted by Crippen LogP contribution is 2.38. The number of halogens is 1. The molecule has 0 N–H and O–H groups in total. The van der Waals surface area contributed by atoms with Crippen LogP contribution in [0.3, 0.4) is 0 Å². The Morgan fingerprint density at radius 1 is 1.41 bits per heavy atom. The van der Waals surface area contributed by atoms with E-state index >= 15 is 0 Å². The lowest BCUT2D eigenvalue weighted by Gasteiger charge is -2.26. The first-order chi connectivity index (χ1) is 8.20. The fourth-order valence-corrected chi connectivity index (χ4v) is 4.19. The molecule has 0 saturated heterocycles. The summed E-state index contributed by atoms with van der Waals surface area (Å²) in [5.41, 5.74) is 0.650. The Morgan fingerprint density at radius 2 is 2.24 bits per heavy atom. The van der Waals surface area contributed by atoms with Crippen molar-refractivity contribution in [1.82, 2.24) is 0 Å². The van der Waals surface area contributed by atoms with Crippen LogP contribution in [-0.2, 0) is 0 Å². The van der Waals surface area contributed by atoms with E-state index in [1.165, 1.54) is 25.7 Å². The molecule has 1 aromatic rings. The zero-order valence-corrected chi connectivity index (χ0v) is 11.6. The van der Waals surface area contributed by atoms with Gasteiger partial charge in [0.15, 0.2) is 6.29 Å². The van der Waals surface area contributed by atoms with Gasteiger partial charge in [0, 0.05) is 15.7 Å². The third-order valence-corrected chi connectivity index (χ3v) is 5.01. The lowest BCUT2D eigenvalue weighted by Crippen LogP contribution is -2.15. The van der Waals surface area contributed by atoms with E-state index in [-0.39, 0.29) is 0 Å². The molecule has 2 rings (SSSR count). The molecule has 2 atom stereocenters. The van der Waals surface area contributed by atoms with Crippen LogP contribution in [0, 0.1) is 5.92 Å². The molecule has 17 heavy (non-hydrogen) atoms. The lowest BCUT2D eigenvalue weighted by molar-refractivity contribution is 0.112. The van der Waals surface area contributed by atoms with E-state index in [4.69, 9.17) is 11.6 Å². The van der Waals surface area contributed by atoms with Gasteiger partial charge in [0.05, 0.1) is 5.02 Å². The average Bonchev–Trinajstić information content (AvgIpc) is 2.29. The number of carbonyl (C=O) groups is 1. The highest BCUT2D eigenvalue weighted by molar-refractivity contribution is 8.00. The minimum Gasteiger partial charge on any atom is -0.298 e. The summed E-state index contributed by atoms with van der Waals surface area (Å²) in [6, 6.07) is 5.70. The molecule has 1 aliphatic rings. The van der Waals surface area contributed by atoms with Crippen molar-refractivity contribution in [3.8, 4) is 0 Å². The van der Waals surface area contributed by atoms with Crippen molar-refractivity contribution in [2.75, 3.05) is 0 Å². The van der Waals surface area contributed by atoms with E-state index in [0.717, 1.165) is 17.1 Å². The summed E-state index contributed by atoms with van der Waals surface area (Å²) in [6.45, 7) is 2.31. The first-order valence-corrected chi connectivity index (χ1v) is 7.37. The van der Waals surface area contributed by atoms with E-state index in [1.54, 1.807) is 6.07 Å². The van der Waals surface area contributed by atoms with Crippen molar-refractivity contribution in [3.63, 3.8) is 0 Å². The summed E-state index contributed by atoms with van der Waals surface area (Å²) < 4.78 is 0. The van der Waals surface area contributed by atoms with Gasteiger partial charge in [-0.3, -0.25) is 4.79 Å². The zero-order valence-electron chi connectivity index (χ0n) is 9.99. The molecule has 0 amide bonds. The van der Waals surface area contributed by atoms with Crippen LogP contribution >= 0.6 is 23.4 Å². The highest BCUT2D eigenvalue weighted by Gasteiger charge is 2.21. The predicted molar refractivity (Wildman–Crippen MR) is 74.1 cm³/mol. The molecule has 0 heterocycles. The van der Waals surface area contributed by atoms with E-state index in [2.05, 4.69) is 6.92 Å². The molecule has 0 radical (unpaired) electrons. The summed E-state index contributed by atoms with van der Waals surface area (Å²) in [5.74, 6) is 0.806. The summed E-state index contributed by atoms with van der Waals surface area (Å²) in [5, 5.41) is 1.20. The monoisotopic (exact) mass is 268 g/mol. The molecule has 0 aromatic heterocycles. The number of rotatable bonds is 3. The number of aldehydes is 1. The number of benzene rings is 1. The normalized spacial score (nSPS) is 24.6. The minimum absolute atomic E-state index is 0.564. The fraction of sp³-hybridized carbons (Fsp3) is 0.500. The standard InChI is InChI=1S/C14H17ClOS/c1-10-4-2-5-11(8-10)17-14-7-3-6-13(15)12(14)9-16/h3,6-7,9-11H,2,4-5,8H2,1H3. The van der Waals surface area contributed by atoms with E-state index in [9.17, 15) is 4.79 Å². The topological polar surface area (TPSA) is 17.1 Å². The fourth-order valence-electron chi connectivity index (χ4n) is 2.40. The average molecular weight is 269 g/mol. The van der Waals surface area contributed by atoms with Crippen molar-refractivity contribution in [1.29, 1.82) is 0 Å². The Morgan fingerprint density at radius 3 is 2.94 bits per heavy atom. The molecule has 1 aliphatic carbocycles. The van der Waals surface area contributed by atoms with Crippen LogP contribution in [0.1, 0.15) is 43.0 Å². The predicted octanol–water partition coefficient (Wildman–Crippen LogP) is 4.82. The second-order valence-corrected chi connectivity index (χ2v) is 6.53. The maximum absolute atomic E-state index is 11.1. The second kappa shape index (κ2) is 5.92. The van der Waals surface area contributed by atoms with Gasteiger partial charge in [0.25, 0.3) is 0 Å². The minimum atomic E-state index is 0.564. The first-order valence-electron chi connectivity index (χ1n) is 6.11. The van der Waals surface area contributed by atoms with Crippen molar-refractivity contribution in [3.05, 3.63) is 28.8 Å². The molecule has 0 aliphatic heterocycles. The molecular formula is C14H17ClOS. The summed E-state index contributed by atoms with van der Waals surface area (Å²) in [6.07, 6.45) is 6.01. The van der Waals surface area contributed by atoms with Crippen LogP contribution < -0.4 is 0 Å². The SMILES string of the molecule is CC1CCCC(Sc2cccc(Cl)c2C=O)C1. The summed E-state index contributed by atoms with van der Waals surface area (Å²) >= 11 is 7.85. The van der Waals surface area contributed by atoms with Crippen molar-refractivity contribution < 1.29 is 4.79 Å². The Hall–Kier alpha value is -0.470. The Labute approximate surface area is 112 Å². The van der Waals surface area contributed by atoms with Crippen LogP contribution in [0.5, 0.6) is 0 Å². The third-order valence-electron chi connectivity index (χ3n) is 3.31. The van der Waals surface area contributed by atoms with Gasteiger partial charge in [-0.1, -0.05) is 37.4 Å². The first kappa shape index (κ1) is 13.0. The number of hydrogen-bond donors (Lipinski definition) is 0. The molecule has 0 spiro atoms. The van der Waals surface area contributed by atoms with E-state index in [0.29, 0.717) is 15.8 Å². The van der Waals surface area contributed by atoms with E-state index < -0.39 is 0 Å².